The van der Waals surface area contributed by atoms with Crippen LogP contribution in [-0.2, 0) is 6.54 Å². The third-order valence-electron chi connectivity index (χ3n) is 6.00. The fraction of sp³-hybridized carbons (Fsp3) is 0.259. The van der Waals surface area contributed by atoms with Crippen LogP contribution in [0.3, 0.4) is 0 Å². The topological polar surface area (TPSA) is 52.6 Å². The van der Waals surface area contributed by atoms with E-state index in [0.717, 1.165) is 29.8 Å². The van der Waals surface area contributed by atoms with Gasteiger partial charge in [-0.2, -0.15) is 0 Å². The van der Waals surface area contributed by atoms with Gasteiger partial charge in [-0.1, -0.05) is 60.7 Å². The van der Waals surface area contributed by atoms with Crippen molar-refractivity contribution in [3.05, 3.63) is 101 Å². The number of benzene rings is 3. The van der Waals surface area contributed by atoms with E-state index in [4.69, 9.17) is 0 Å². The molecule has 0 spiro atoms. The van der Waals surface area contributed by atoms with Gasteiger partial charge in [0.05, 0.1) is 6.04 Å². The van der Waals surface area contributed by atoms with Crippen molar-refractivity contribution in [2.75, 3.05) is 18.0 Å². The second kappa shape index (κ2) is 9.69. The zero-order valence-electron chi connectivity index (χ0n) is 18.6. The van der Waals surface area contributed by atoms with Gasteiger partial charge >= 0.3 is 6.03 Å². The summed E-state index contributed by atoms with van der Waals surface area (Å²) < 4.78 is 0. The predicted molar refractivity (Wildman–Crippen MR) is 128 cm³/mol. The first-order valence-corrected chi connectivity index (χ1v) is 11.1. The molecular weight excluding hydrogens is 398 g/mol. The minimum atomic E-state index is -0.149. The quantitative estimate of drug-likeness (QED) is 0.579. The largest absolute Gasteiger partial charge is 0.346 e. The van der Waals surface area contributed by atoms with Crippen LogP contribution in [0, 0.1) is 6.92 Å². The molecule has 5 heteroatoms. The van der Waals surface area contributed by atoms with Crippen LogP contribution in [0.2, 0.25) is 0 Å². The zero-order valence-corrected chi connectivity index (χ0v) is 18.6. The lowest BCUT2D eigenvalue weighted by Crippen LogP contribution is -2.49. The van der Waals surface area contributed by atoms with Crippen LogP contribution in [0.15, 0.2) is 78.9 Å². The normalized spacial score (nSPS) is 14.9. The van der Waals surface area contributed by atoms with E-state index in [1.807, 2.05) is 72.5 Å². The van der Waals surface area contributed by atoms with Crippen LogP contribution < -0.4 is 10.2 Å². The molecule has 1 atom stereocenters. The number of aryl methyl sites for hydroxylation is 1. The van der Waals surface area contributed by atoms with Crippen molar-refractivity contribution >= 4 is 17.6 Å². The Hall–Kier alpha value is -3.60. The van der Waals surface area contributed by atoms with Crippen LogP contribution in [0.1, 0.15) is 46.4 Å². The number of nitrogens with zero attached hydrogens (tertiary/aromatic N) is 2. The van der Waals surface area contributed by atoms with Crippen LogP contribution in [0.25, 0.3) is 0 Å². The predicted octanol–water partition coefficient (Wildman–Crippen LogP) is 5.32. The highest BCUT2D eigenvalue weighted by atomic mass is 16.2. The molecule has 1 saturated heterocycles. The fourth-order valence-electron chi connectivity index (χ4n) is 4.08. The van der Waals surface area contributed by atoms with Crippen molar-refractivity contribution in [2.24, 2.45) is 0 Å². The lowest BCUT2D eigenvalue weighted by molar-refractivity contribution is 0.0940. The maximum Gasteiger partial charge on any atom is 0.324 e. The minimum absolute atomic E-state index is 0.0188. The maximum atomic E-state index is 13.2. The van der Waals surface area contributed by atoms with E-state index in [1.54, 1.807) is 11.0 Å². The highest BCUT2D eigenvalue weighted by Gasteiger charge is 2.27. The molecule has 0 aliphatic carbocycles. The standard InChI is InChI=1S/C27H29N3O2/c1-20-10-6-7-13-24(20)19-29-16-9-17-30(27(29)32)25-15-8-14-23(18-25)26(31)28-21(2)22-11-4-3-5-12-22/h3-8,10-15,18,21H,9,16-17,19H2,1-2H3,(H,28,31)/t21-/m0/s1. The summed E-state index contributed by atoms with van der Waals surface area (Å²) in [5, 5.41) is 3.05. The average Bonchev–Trinajstić information content (AvgIpc) is 2.82. The summed E-state index contributed by atoms with van der Waals surface area (Å²) in [6.07, 6.45) is 0.888. The summed E-state index contributed by atoms with van der Waals surface area (Å²) in [5.74, 6) is -0.149. The molecule has 4 rings (SSSR count). The Kier molecular flexibility index (Phi) is 6.55. The van der Waals surface area contributed by atoms with Crippen LogP contribution in [0.5, 0.6) is 0 Å². The van der Waals surface area contributed by atoms with Crippen molar-refractivity contribution < 1.29 is 9.59 Å². The molecule has 1 aliphatic rings. The fourth-order valence-corrected chi connectivity index (χ4v) is 4.08. The molecule has 3 amide bonds. The molecule has 1 heterocycles. The lowest BCUT2D eigenvalue weighted by atomic mass is 10.1. The van der Waals surface area contributed by atoms with E-state index in [0.29, 0.717) is 18.7 Å². The first-order chi connectivity index (χ1) is 15.5. The van der Waals surface area contributed by atoms with E-state index in [2.05, 4.69) is 24.4 Å². The number of carbonyl (C=O) groups is 2. The molecule has 0 radical (unpaired) electrons. The molecule has 1 fully saturated rings. The second-order valence-corrected chi connectivity index (χ2v) is 8.29. The van der Waals surface area contributed by atoms with Crippen LogP contribution in [0.4, 0.5) is 10.5 Å². The third-order valence-corrected chi connectivity index (χ3v) is 6.00. The number of hydrogen-bond acceptors (Lipinski definition) is 2. The Bertz CT molecular complexity index is 1100. The molecule has 5 nitrogen and oxygen atoms in total. The zero-order chi connectivity index (χ0) is 22.5. The highest BCUT2D eigenvalue weighted by Crippen LogP contribution is 2.24. The summed E-state index contributed by atoms with van der Waals surface area (Å²) in [6, 6.07) is 25.2. The van der Waals surface area contributed by atoms with Crippen LogP contribution >= 0.6 is 0 Å². The Morgan fingerprint density at radius 2 is 1.72 bits per heavy atom. The number of carbonyl (C=O) groups excluding carboxylic acids is 2. The van der Waals surface area contributed by atoms with Crippen molar-refractivity contribution in [2.45, 2.75) is 32.9 Å². The van der Waals surface area contributed by atoms with E-state index in [-0.39, 0.29) is 18.0 Å². The van der Waals surface area contributed by atoms with E-state index in [1.165, 1.54) is 5.56 Å². The van der Waals surface area contributed by atoms with Gasteiger partial charge in [0.25, 0.3) is 5.91 Å². The van der Waals surface area contributed by atoms with Gasteiger partial charge in [0.2, 0.25) is 0 Å². The molecule has 32 heavy (non-hydrogen) atoms. The van der Waals surface area contributed by atoms with E-state index in [9.17, 15) is 9.59 Å². The van der Waals surface area contributed by atoms with Crippen molar-refractivity contribution in [1.82, 2.24) is 10.2 Å². The molecular formula is C27H29N3O2. The number of urea groups is 1. The van der Waals surface area contributed by atoms with Gasteiger partial charge in [-0.15, -0.1) is 0 Å². The smallest absolute Gasteiger partial charge is 0.324 e. The first kappa shape index (κ1) is 21.6. The third kappa shape index (κ3) is 4.83. The van der Waals surface area contributed by atoms with Crippen molar-refractivity contribution in [3.8, 4) is 0 Å². The van der Waals surface area contributed by atoms with Gasteiger partial charge < -0.3 is 10.2 Å². The Balaban J connectivity index is 1.47. The number of amides is 3. The molecule has 0 saturated carbocycles. The summed E-state index contributed by atoms with van der Waals surface area (Å²) in [6.45, 7) is 6.01. The van der Waals surface area contributed by atoms with Crippen LogP contribution in [-0.4, -0.2) is 29.9 Å². The number of nitrogens with one attached hydrogen (secondary N) is 1. The first-order valence-electron chi connectivity index (χ1n) is 11.1. The summed E-state index contributed by atoms with van der Waals surface area (Å²) in [7, 11) is 0. The number of anilines is 1. The molecule has 0 aromatic heterocycles. The minimum Gasteiger partial charge on any atom is -0.346 e. The SMILES string of the molecule is Cc1ccccc1CN1CCCN(c2cccc(C(=O)N[C@@H](C)c3ccccc3)c2)C1=O. The lowest BCUT2D eigenvalue weighted by Gasteiger charge is -2.36. The van der Waals surface area contributed by atoms with E-state index < -0.39 is 0 Å². The molecule has 1 aliphatic heterocycles. The Morgan fingerprint density at radius 1 is 0.969 bits per heavy atom. The Morgan fingerprint density at radius 3 is 2.50 bits per heavy atom. The molecule has 1 N–H and O–H groups in total. The molecule has 164 valence electrons. The molecule has 3 aromatic carbocycles. The number of hydrogen-bond donors (Lipinski definition) is 1. The molecule has 0 unspecified atom stereocenters. The second-order valence-electron chi connectivity index (χ2n) is 8.29. The van der Waals surface area contributed by atoms with Gasteiger partial charge in [-0.25, -0.2) is 4.79 Å². The monoisotopic (exact) mass is 427 g/mol. The number of rotatable bonds is 6. The summed E-state index contributed by atoms with van der Waals surface area (Å²) >= 11 is 0. The summed E-state index contributed by atoms with van der Waals surface area (Å²) in [4.78, 5) is 29.8. The highest BCUT2D eigenvalue weighted by molar-refractivity contribution is 5.98. The summed E-state index contributed by atoms with van der Waals surface area (Å²) in [5.41, 5.74) is 4.70. The van der Waals surface area contributed by atoms with E-state index >= 15 is 0 Å². The molecule has 0 bridgehead atoms. The average molecular weight is 428 g/mol. The van der Waals surface area contributed by atoms with Gasteiger partial charge in [0.1, 0.15) is 0 Å². The van der Waals surface area contributed by atoms with Gasteiger partial charge in [-0.05, 0) is 55.2 Å². The van der Waals surface area contributed by atoms with Crippen molar-refractivity contribution in [1.29, 1.82) is 0 Å². The van der Waals surface area contributed by atoms with Crippen molar-refractivity contribution in [3.63, 3.8) is 0 Å². The van der Waals surface area contributed by atoms with Gasteiger partial charge in [0.15, 0.2) is 0 Å². The molecule has 3 aromatic rings. The van der Waals surface area contributed by atoms with Gasteiger partial charge in [0, 0.05) is 30.9 Å². The maximum absolute atomic E-state index is 13.2. The Labute approximate surface area is 189 Å². The van der Waals surface area contributed by atoms with Gasteiger partial charge in [-0.3, -0.25) is 9.69 Å².